The fourth-order valence-corrected chi connectivity index (χ4v) is 3.08. The van der Waals surface area contributed by atoms with E-state index < -0.39 is 0 Å². The Hall–Kier alpha value is -1.40. The summed E-state index contributed by atoms with van der Waals surface area (Å²) >= 11 is 1.44. The maximum absolute atomic E-state index is 12.0. The van der Waals surface area contributed by atoms with E-state index in [-0.39, 0.29) is 17.7 Å². The molecule has 2 heterocycles. The Bertz CT molecular complexity index is 465. The van der Waals surface area contributed by atoms with Gasteiger partial charge < -0.3 is 15.1 Å². The maximum atomic E-state index is 12.0. The van der Waals surface area contributed by atoms with Gasteiger partial charge in [-0.3, -0.25) is 9.59 Å². The van der Waals surface area contributed by atoms with Crippen molar-refractivity contribution in [1.29, 1.82) is 0 Å². The van der Waals surface area contributed by atoms with Crippen LogP contribution in [0.15, 0.2) is 17.5 Å². The van der Waals surface area contributed by atoms with Crippen molar-refractivity contribution in [2.75, 3.05) is 39.3 Å². The molecule has 0 radical (unpaired) electrons. The Morgan fingerprint density at radius 2 is 2.10 bits per heavy atom. The lowest BCUT2D eigenvalue weighted by Gasteiger charge is -2.38. The largest absolute Gasteiger partial charge is 0.354 e. The van der Waals surface area contributed by atoms with Gasteiger partial charge in [-0.05, 0) is 24.5 Å². The lowest BCUT2D eigenvalue weighted by Crippen LogP contribution is -2.56. The molecule has 0 bridgehead atoms. The van der Waals surface area contributed by atoms with Crippen molar-refractivity contribution >= 4 is 23.2 Å². The number of rotatable bonds is 7. The van der Waals surface area contributed by atoms with Crippen LogP contribution < -0.4 is 5.32 Å². The van der Waals surface area contributed by atoms with Crippen molar-refractivity contribution in [3.8, 4) is 0 Å². The topological polar surface area (TPSA) is 52.7 Å². The predicted molar refractivity (Wildman–Crippen MR) is 84.5 cm³/mol. The average molecular weight is 309 g/mol. The summed E-state index contributed by atoms with van der Waals surface area (Å²) < 4.78 is 0. The molecule has 0 unspecified atom stereocenters. The summed E-state index contributed by atoms with van der Waals surface area (Å²) in [6, 6.07) is 3.69. The fraction of sp³-hybridized carbons (Fsp3) is 0.600. The molecule has 1 saturated heterocycles. The van der Waals surface area contributed by atoms with E-state index >= 15 is 0 Å². The second-order valence-electron chi connectivity index (χ2n) is 5.20. The number of likely N-dealkylation sites (tertiary alicyclic amines) is 1. The first-order valence-electron chi connectivity index (χ1n) is 7.48. The van der Waals surface area contributed by atoms with Gasteiger partial charge in [-0.15, -0.1) is 11.3 Å². The highest BCUT2D eigenvalue weighted by atomic mass is 32.1. The summed E-state index contributed by atoms with van der Waals surface area (Å²) in [7, 11) is 0. The van der Waals surface area contributed by atoms with Gasteiger partial charge in [-0.2, -0.15) is 0 Å². The molecule has 1 aliphatic rings. The average Bonchev–Trinajstić information content (AvgIpc) is 2.96. The summed E-state index contributed by atoms with van der Waals surface area (Å²) in [5.41, 5.74) is 0. The van der Waals surface area contributed by atoms with Gasteiger partial charge in [0.2, 0.25) is 5.91 Å². The number of nitrogens with one attached hydrogen (secondary N) is 1. The van der Waals surface area contributed by atoms with Crippen LogP contribution in [-0.4, -0.2) is 60.9 Å². The Morgan fingerprint density at radius 1 is 1.38 bits per heavy atom. The zero-order valence-corrected chi connectivity index (χ0v) is 13.5. The predicted octanol–water partition coefficient (Wildman–Crippen LogP) is 1.28. The molecule has 1 aliphatic heterocycles. The minimum Gasteiger partial charge on any atom is -0.354 e. The van der Waals surface area contributed by atoms with E-state index in [1.807, 2.05) is 17.5 Å². The minimum atomic E-state index is -0.0504. The molecule has 6 heteroatoms. The van der Waals surface area contributed by atoms with Gasteiger partial charge >= 0.3 is 0 Å². The molecule has 21 heavy (non-hydrogen) atoms. The van der Waals surface area contributed by atoms with E-state index in [1.54, 1.807) is 4.90 Å². The van der Waals surface area contributed by atoms with Crippen LogP contribution in [0.2, 0.25) is 0 Å². The van der Waals surface area contributed by atoms with Crippen molar-refractivity contribution in [1.82, 2.24) is 15.1 Å². The van der Waals surface area contributed by atoms with Crippen molar-refractivity contribution < 1.29 is 9.59 Å². The van der Waals surface area contributed by atoms with Crippen molar-refractivity contribution in [3.63, 3.8) is 0 Å². The highest BCUT2D eigenvalue weighted by molar-refractivity contribution is 7.12. The molecule has 1 aromatic heterocycles. The minimum absolute atomic E-state index is 0.0391. The number of hydrogen-bond acceptors (Lipinski definition) is 4. The second-order valence-corrected chi connectivity index (χ2v) is 6.15. The molecule has 0 aliphatic carbocycles. The van der Waals surface area contributed by atoms with Crippen LogP contribution in [0.1, 0.15) is 23.5 Å². The van der Waals surface area contributed by atoms with E-state index in [1.165, 1.54) is 11.3 Å². The number of amides is 2. The number of nitrogens with zero attached hydrogens (tertiary/aromatic N) is 2. The van der Waals surface area contributed by atoms with Crippen LogP contribution in [0.25, 0.3) is 0 Å². The van der Waals surface area contributed by atoms with Crippen LogP contribution in [0.5, 0.6) is 0 Å². The van der Waals surface area contributed by atoms with Gasteiger partial charge in [0.15, 0.2) is 0 Å². The Kier molecular flexibility index (Phi) is 5.76. The summed E-state index contributed by atoms with van der Waals surface area (Å²) in [6.45, 7) is 8.86. The van der Waals surface area contributed by atoms with Gasteiger partial charge in [-0.1, -0.05) is 19.9 Å². The third-order valence-electron chi connectivity index (χ3n) is 3.89. The molecule has 0 saturated carbocycles. The molecule has 2 amide bonds. The molecule has 1 aromatic rings. The maximum Gasteiger partial charge on any atom is 0.263 e. The van der Waals surface area contributed by atoms with Crippen LogP contribution in [0.3, 0.4) is 0 Å². The third-order valence-corrected chi connectivity index (χ3v) is 4.75. The van der Waals surface area contributed by atoms with Gasteiger partial charge in [0.25, 0.3) is 5.91 Å². The molecule has 0 spiro atoms. The Morgan fingerprint density at radius 3 is 2.67 bits per heavy atom. The molecular weight excluding hydrogens is 286 g/mol. The monoisotopic (exact) mass is 309 g/mol. The van der Waals surface area contributed by atoms with Gasteiger partial charge in [0, 0.05) is 26.2 Å². The smallest absolute Gasteiger partial charge is 0.263 e. The zero-order chi connectivity index (χ0) is 15.2. The molecular formula is C15H23N3O2S. The summed E-state index contributed by atoms with van der Waals surface area (Å²) in [5, 5.41) is 4.86. The first-order valence-corrected chi connectivity index (χ1v) is 8.36. The van der Waals surface area contributed by atoms with E-state index in [9.17, 15) is 9.59 Å². The molecule has 2 rings (SSSR count). The van der Waals surface area contributed by atoms with E-state index in [2.05, 4.69) is 24.1 Å². The molecule has 5 nitrogen and oxygen atoms in total. The van der Waals surface area contributed by atoms with Crippen LogP contribution in [0.4, 0.5) is 0 Å². The molecule has 116 valence electrons. The third kappa shape index (κ3) is 4.04. The quantitative estimate of drug-likeness (QED) is 0.825. The van der Waals surface area contributed by atoms with Crippen molar-refractivity contribution in [3.05, 3.63) is 22.4 Å². The molecule has 1 N–H and O–H groups in total. The van der Waals surface area contributed by atoms with E-state index in [0.717, 1.165) is 24.5 Å². The van der Waals surface area contributed by atoms with Gasteiger partial charge in [0.1, 0.15) is 0 Å². The van der Waals surface area contributed by atoms with Crippen molar-refractivity contribution in [2.24, 2.45) is 5.92 Å². The summed E-state index contributed by atoms with van der Waals surface area (Å²) in [5.74, 6) is 0.0557. The standard InChI is InChI=1S/C15H23N3O2S/c1-3-17(4-2)8-7-16-14(19)12-10-18(11-12)15(20)13-6-5-9-21-13/h5-6,9,12H,3-4,7-8,10-11H2,1-2H3,(H,16,19). The fourth-order valence-electron chi connectivity index (χ4n) is 2.39. The van der Waals surface area contributed by atoms with Gasteiger partial charge in [-0.25, -0.2) is 0 Å². The Balaban J connectivity index is 1.67. The van der Waals surface area contributed by atoms with Crippen LogP contribution >= 0.6 is 11.3 Å². The second kappa shape index (κ2) is 7.56. The molecule has 1 fully saturated rings. The van der Waals surface area contributed by atoms with E-state index in [0.29, 0.717) is 19.6 Å². The van der Waals surface area contributed by atoms with Crippen LogP contribution in [-0.2, 0) is 4.79 Å². The van der Waals surface area contributed by atoms with Gasteiger partial charge in [0.05, 0.1) is 10.8 Å². The number of carbonyl (C=O) groups excluding carboxylic acids is 2. The summed E-state index contributed by atoms with van der Waals surface area (Å²) in [4.78, 5) is 28.8. The lowest BCUT2D eigenvalue weighted by atomic mass is 9.99. The van der Waals surface area contributed by atoms with Crippen LogP contribution in [0, 0.1) is 5.92 Å². The number of hydrogen-bond donors (Lipinski definition) is 1. The highest BCUT2D eigenvalue weighted by Crippen LogP contribution is 2.20. The number of thiophene rings is 1. The molecule has 0 aromatic carbocycles. The van der Waals surface area contributed by atoms with E-state index in [4.69, 9.17) is 0 Å². The first-order chi connectivity index (χ1) is 10.2. The zero-order valence-electron chi connectivity index (χ0n) is 12.7. The molecule has 0 atom stereocenters. The Labute approximate surface area is 129 Å². The number of likely N-dealkylation sites (N-methyl/N-ethyl adjacent to an activating group) is 1. The highest BCUT2D eigenvalue weighted by Gasteiger charge is 2.36. The lowest BCUT2D eigenvalue weighted by molar-refractivity contribution is -0.129. The SMILES string of the molecule is CCN(CC)CCNC(=O)C1CN(C(=O)c2cccs2)C1. The number of carbonyl (C=O) groups is 2. The first kappa shape index (κ1) is 16.0. The summed E-state index contributed by atoms with van der Waals surface area (Å²) in [6.07, 6.45) is 0. The van der Waals surface area contributed by atoms with Crippen molar-refractivity contribution in [2.45, 2.75) is 13.8 Å². The normalized spacial score (nSPS) is 15.1.